The standard InChI is InChI=1S/C11H16ClNO2S/c1-9-5-3-6-11(10(9)2)13-16(14,15)8-4-7-12/h3,5-6,13H,4,7-8H2,1-2H3. The van der Waals surface area contributed by atoms with Crippen molar-refractivity contribution < 1.29 is 8.42 Å². The second kappa shape index (κ2) is 5.55. The average Bonchev–Trinajstić information content (AvgIpc) is 2.22. The van der Waals surface area contributed by atoms with Crippen LogP contribution in [0.3, 0.4) is 0 Å². The van der Waals surface area contributed by atoms with Crippen LogP contribution in [-0.4, -0.2) is 20.1 Å². The maximum absolute atomic E-state index is 11.7. The molecule has 0 aliphatic heterocycles. The number of sulfonamides is 1. The van der Waals surface area contributed by atoms with Crippen LogP contribution in [0.4, 0.5) is 5.69 Å². The third-order valence-corrected chi connectivity index (χ3v) is 4.04. The van der Waals surface area contributed by atoms with E-state index in [4.69, 9.17) is 11.6 Å². The highest BCUT2D eigenvalue weighted by Crippen LogP contribution is 2.19. The SMILES string of the molecule is Cc1cccc(NS(=O)(=O)CCCCl)c1C. The number of benzene rings is 1. The Hall–Kier alpha value is -0.740. The number of aryl methyl sites for hydroxylation is 1. The quantitative estimate of drug-likeness (QED) is 0.829. The first-order valence-corrected chi connectivity index (χ1v) is 7.27. The van der Waals surface area contributed by atoms with E-state index in [1.807, 2.05) is 26.0 Å². The summed E-state index contributed by atoms with van der Waals surface area (Å²) in [4.78, 5) is 0. The normalized spacial score (nSPS) is 11.4. The molecule has 0 radical (unpaired) electrons. The number of rotatable bonds is 5. The van der Waals surface area contributed by atoms with Gasteiger partial charge in [0.1, 0.15) is 0 Å². The maximum atomic E-state index is 11.7. The first-order chi connectivity index (χ1) is 7.46. The molecule has 0 atom stereocenters. The second-order valence-electron chi connectivity index (χ2n) is 3.71. The highest BCUT2D eigenvalue weighted by atomic mass is 35.5. The zero-order chi connectivity index (χ0) is 12.2. The van der Waals surface area contributed by atoms with Gasteiger partial charge in [0.25, 0.3) is 0 Å². The van der Waals surface area contributed by atoms with Crippen LogP contribution in [0.5, 0.6) is 0 Å². The number of alkyl halides is 1. The van der Waals surface area contributed by atoms with Gasteiger partial charge in [0.2, 0.25) is 10.0 Å². The summed E-state index contributed by atoms with van der Waals surface area (Å²) < 4.78 is 25.9. The fourth-order valence-electron chi connectivity index (χ4n) is 1.32. The molecule has 1 rings (SSSR count). The van der Waals surface area contributed by atoms with Gasteiger partial charge in [-0.25, -0.2) is 8.42 Å². The number of hydrogen-bond acceptors (Lipinski definition) is 2. The number of anilines is 1. The van der Waals surface area contributed by atoms with Crippen LogP contribution in [0, 0.1) is 13.8 Å². The van der Waals surface area contributed by atoms with Crippen molar-refractivity contribution in [1.29, 1.82) is 0 Å². The molecule has 90 valence electrons. The third-order valence-electron chi connectivity index (χ3n) is 2.42. The Bertz CT molecular complexity index is 457. The zero-order valence-corrected chi connectivity index (χ0v) is 11.0. The fourth-order valence-corrected chi connectivity index (χ4v) is 2.80. The fraction of sp³-hybridized carbons (Fsp3) is 0.455. The van der Waals surface area contributed by atoms with Gasteiger partial charge in [-0.2, -0.15) is 0 Å². The molecule has 0 aliphatic rings. The van der Waals surface area contributed by atoms with Crippen molar-refractivity contribution >= 4 is 27.3 Å². The van der Waals surface area contributed by atoms with Crippen LogP contribution < -0.4 is 4.72 Å². The van der Waals surface area contributed by atoms with Crippen molar-refractivity contribution in [1.82, 2.24) is 0 Å². The van der Waals surface area contributed by atoms with Crippen LogP contribution >= 0.6 is 11.6 Å². The Morgan fingerprint density at radius 3 is 2.62 bits per heavy atom. The first kappa shape index (κ1) is 13.3. The summed E-state index contributed by atoms with van der Waals surface area (Å²) in [5.41, 5.74) is 2.67. The highest BCUT2D eigenvalue weighted by molar-refractivity contribution is 7.92. The first-order valence-electron chi connectivity index (χ1n) is 5.09. The van der Waals surface area contributed by atoms with Crippen LogP contribution in [-0.2, 0) is 10.0 Å². The molecule has 0 bridgehead atoms. The van der Waals surface area contributed by atoms with Crippen LogP contribution in [0.2, 0.25) is 0 Å². The van der Waals surface area contributed by atoms with E-state index in [9.17, 15) is 8.42 Å². The molecule has 0 amide bonds. The summed E-state index contributed by atoms with van der Waals surface area (Å²) in [6.07, 6.45) is 0.460. The molecule has 5 heteroatoms. The third kappa shape index (κ3) is 3.68. The second-order valence-corrected chi connectivity index (χ2v) is 5.93. The summed E-state index contributed by atoms with van der Waals surface area (Å²) in [5, 5.41) is 0. The van der Waals surface area contributed by atoms with E-state index in [1.165, 1.54) is 0 Å². The van der Waals surface area contributed by atoms with E-state index < -0.39 is 10.0 Å². The number of nitrogens with one attached hydrogen (secondary N) is 1. The van der Waals surface area contributed by atoms with Crippen molar-refractivity contribution in [3.05, 3.63) is 29.3 Å². The molecule has 1 aromatic rings. The molecule has 0 unspecified atom stereocenters. The van der Waals surface area contributed by atoms with Crippen LogP contribution in [0.25, 0.3) is 0 Å². The van der Waals surface area contributed by atoms with Crippen LogP contribution in [0.1, 0.15) is 17.5 Å². The lowest BCUT2D eigenvalue weighted by atomic mass is 10.1. The van der Waals surface area contributed by atoms with Crippen molar-refractivity contribution in [2.24, 2.45) is 0 Å². The lowest BCUT2D eigenvalue weighted by Crippen LogP contribution is -2.17. The molecule has 1 N–H and O–H groups in total. The molecule has 0 aromatic heterocycles. The summed E-state index contributed by atoms with van der Waals surface area (Å²) >= 11 is 5.47. The zero-order valence-electron chi connectivity index (χ0n) is 9.46. The molecular formula is C11H16ClNO2S. The summed E-state index contributed by atoms with van der Waals surface area (Å²) in [7, 11) is -3.27. The van der Waals surface area contributed by atoms with Gasteiger partial charge >= 0.3 is 0 Å². The molecule has 0 spiro atoms. The largest absolute Gasteiger partial charge is 0.283 e. The van der Waals surface area contributed by atoms with Crippen molar-refractivity contribution in [2.75, 3.05) is 16.4 Å². The van der Waals surface area contributed by atoms with Gasteiger partial charge < -0.3 is 0 Å². The molecule has 16 heavy (non-hydrogen) atoms. The van der Waals surface area contributed by atoms with E-state index in [2.05, 4.69) is 4.72 Å². The van der Waals surface area contributed by atoms with E-state index in [0.29, 0.717) is 18.0 Å². The lowest BCUT2D eigenvalue weighted by Gasteiger charge is -2.11. The van der Waals surface area contributed by atoms with E-state index in [1.54, 1.807) is 6.07 Å². The minimum absolute atomic E-state index is 0.0594. The molecule has 1 aromatic carbocycles. The summed E-state index contributed by atoms with van der Waals surface area (Å²) in [6.45, 7) is 3.85. The maximum Gasteiger partial charge on any atom is 0.232 e. The lowest BCUT2D eigenvalue weighted by molar-refractivity contribution is 0.600. The van der Waals surface area contributed by atoms with Gasteiger partial charge in [-0.05, 0) is 37.5 Å². The van der Waals surface area contributed by atoms with Crippen molar-refractivity contribution in [2.45, 2.75) is 20.3 Å². The summed E-state index contributed by atoms with van der Waals surface area (Å²) in [5.74, 6) is 0.414. The van der Waals surface area contributed by atoms with Crippen molar-refractivity contribution in [3.63, 3.8) is 0 Å². The Balaban J connectivity index is 2.84. The van der Waals surface area contributed by atoms with Gasteiger partial charge in [0.15, 0.2) is 0 Å². The van der Waals surface area contributed by atoms with E-state index >= 15 is 0 Å². The molecule has 0 heterocycles. The monoisotopic (exact) mass is 261 g/mol. The molecular weight excluding hydrogens is 246 g/mol. The minimum Gasteiger partial charge on any atom is -0.283 e. The van der Waals surface area contributed by atoms with E-state index in [0.717, 1.165) is 11.1 Å². The predicted octanol–water partition coefficient (Wildman–Crippen LogP) is 2.67. The molecule has 3 nitrogen and oxygen atoms in total. The Morgan fingerprint density at radius 1 is 1.31 bits per heavy atom. The number of halogens is 1. The van der Waals surface area contributed by atoms with Crippen LogP contribution in [0.15, 0.2) is 18.2 Å². The Morgan fingerprint density at radius 2 is 2.00 bits per heavy atom. The average molecular weight is 262 g/mol. The topological polar surface area (TPSA) is 46.2 Å². The molecule has 0 fully saturated rings. The molecule has 0 saturated carbocycles. The van der Waals surface area contributed by atoms with Gasteiger partial charge in [-0.3, -0.25) is 4.72 Å². The Labute approximate surface area is 102 Å². The predicted molar refractivity (Wildman–Crippen MR) is 68.7 cm³/mol. The molecule has 0 aliphatic carbocycles. The highest BCUT2D eigenvalue weighted by Gasteiger charge is 2.11. The van der Waals surface area contributed by atoms with Crippen molar-refractivity contribution in [3.8, 4) is 0 Å². The van der Waals surface area contributed by atoms with Gasteiger partial charge in [0, 0.05) is 5.88 Å². The van der Waals surface area contributed by atoms with E-state index in [-0.39, 0.29) is 5.75 Å². The smallest absolute Gasteiger partial charge is 0.232 e. The van der Waals surface area contributed by atoms with Gasteiger partial charge in [-0.15, -0.1) is 11.6 Å². The number of hydrogen-bond donors (Lipinski definition) is 1. The van der Waals surface area contributed by atoms with Gasteiger partial charge in [0.05, 0.1) is 11.4 Å². The Kier molecular flexibility index (Phi) is 4.62. The minimum atomic E-state index is -3.27. The van der Waals surface area contributed by atoms with Gasteiger partial charge in [-0.1, -0.05) is 12.1 Å². The molecule has 0 saturated heterocycles. The summed E-state index contributed by atoms with van der Waals surface area (Å²) in [6, 6.07) is 5.55.